The zero-order valence-corrected chi connectivity index (χ0v) is 10.9. The molecular formula is C14H21N3O. The Morgan fingerprint density at radius 2 is 2.33 bits per heavy atom. The van der Waals surface area contributed by atoms with Crippen LogP contribution >= 0.6 is 0 Å². The van der Waals surface area contributed by atoms with E-state index in [9.17, 15) is 4.79 Å². The number of hydrogen-bond donors (Lipinski definition) is 2. The van der Waals surface area contributed by atoms with E-state index in [1.165, 1.54) is 11.1 Å². The second-order valence-electron chi connectivity index (χ2n) is 4.92. The molecule has 2 N–H and O–H groups in total. The molecule has 1 saturated carbocycles. The number of amides is 1. The number of aryl methyl sites for hydroxylation is 1. The van der Waals surface area contributed by atoms with Crippen LogP contribution in [0.25, 0.3) is 0 Å². The average molecular weight is 247 g/mol. The van der Waals surface area contributed by atoms with Crippen molar-refractivity contribution in [2.75, 3.05) is 6.54 Å². The number of aromatic nitrogens is 1. The maximum Gasteiger partial charge on any atom is 0.220 e. The van der Waals surface area contributed by atoms with Crippen molar-refractivity contribution in [1.29, 1.82) is 0 Å². The number of nitrogens with zero attached hydrogens (tertiary/aromatic N) is 1. The van der Waals surface area contributed by atoms with Gasteiger partial charge in [-0.1, -0.05) is 0 Å². The molecule has 1 fully saturated rings. The van der Waals surface area contributed by atoms with Crippen LogP contribution in [0.4, 0.5) is 0 Å². The van der Waals surface area contributed by atoms with Crippen molar-refractivity contribution in [3.63, 3.8) is 0 Å². The highest BCUT2D eigenvalue weighted by molar-refractivity contribution is 5.76. The van der Waals surface area contributed by atoms with Crippen LogP contribution in [-0.4, -0.2) is 23.5 Å². The number of rotatable bonds is 7. The van der Waals surface area contributed by atoms with Gasteiger partial charge in [0.25, 0.3) is 0 Å². The van der Waals surface area contributed by atoms with Gasteiger partial charge in [-0.3, -0.25) is 9.78 Å². The summed E-state index contributed by atoms with van der Waals surface area (Å²) >= 11 is 0. The summed E-state index contributed by atoms with van der Waals surface area (Å²) in [7, 11) is 0. The molecule has 0 atom stereocenters. The normalized spacial score (nSPS) is 14.5. The lowest BCUT2D eigenvalue weighted by molar-refractivity contribution is -0.121. The molecule has 0 spiro atoms. The lowest BCUT2D eigenvalue weighted by atomic mass is 10.1. The lowest BCUT2D eigenvalue weighted by Crippen LogP contribution is -2.26. The Hall–Kier alpha value is -1.42. The minimum Gasteiger partial charge on any atom is -0.353 e. The van der Waals surface area contributed by atoms with Gasteiger partial charge in [-0.25, -0.2) is 0 Å². The van der Waals surface area contributed by atoms with E-state index < -0.39 is 0 Å². The molecule has 0 unspecified atom stereocenters. The third kappa shape index (κ3) is 4.45. The Morgan fingerprint density at radius 3 is 3.06 bits per heavy atom. The Morgan fingerprint density at radius 1 is 1.50 bits per heavy atom. The number of carbonyl (C=O) groups is 1. The molecule has 0 bridgehead atoms. The minimum atomic E-state index is 0.192. The summed E-state index contributed by atoms with van der Waals surface area (Å²) in [5, 5.41) is 6.34. The zero-order chi connectivity index (χ0) is 12.8. The van der Waals surface area contributed by atoms with E-state index in [0.29, 0.717) is 12.5 Å². The Balaban J connectivity index is 1.55. The highest BCUT2D eigenvalue weighted by atomic mass is 16.1. The second kappa shape index (κ2) is 6.50. The Kier molecular flexibility index (Phi) is 4.70. The number of nitrogens with one attached hydrogen (secondary N) is 2. The van der Waals surface area contributed by atoms with E-state index in [4.69, 9.17) is 0 Å². The van der Waals surface area contributed by atoms with Gasteiger partial charge in [0.2, 0.25) is 5.91 Å². The summed E-state index contributed by atoms with van der Waals surface area (Å²) in [5.41, 5.74) is 2.48. The van der Waals surface area contributed by atoms with Crippen LogP contribution < -0.4 is 10.6 Å². The van der Waals surface area contributed by atoms with Crippen LogP contribution in [-0.2, 0) is 11.3 Å². The lowest BCUT2D eigenvalue weighted by Gasteiger charge is -2.07. The van der Waals surface area contributed by atoms with E-state index in [-0.39, 0.29) is 5.91 Å². The maximum absolute atomic E-state index is 11.4. The van der Waals surface area contributed by atoms with Gasteiger partial charge in [-0.15, -0.1) is 0 Å². The van der Waals surface area contributed by atoms with Crippen LogP contribution in [0, 0.1) is 6.92 Å². The standard InChI is InChI=1S/C14H21N3O/c1-11-6-8-16-10-12(11)9-15-7-2-3-14(18)17-13-4-5-13/h6,8,10,13,15H,2-5,7,9H2,1H3,(H,17,18). The molecule has 1 aromatic heterocycles. The first-order chi connectivity index (χ1) is 8.75. The largest absolute Gasteiger partial charge is 0.353 e. The quantitative estimate of drug-likeness (QED) is 0.719. The number of pyridine rings is 1. The fourth-order valence-electron chi connectivity index (χ4n) is 1.81. The van der Waals surface area contributed by atoms with Crippen LogP contribution in [0.3, 0.4) is 0 Å². The molecule has 98 valence electrons. The molecular weight excluding hydrogens is 226 g/mol. The van der Waals surface area contributed by atoms with E-state index in [1.54, 1.807) is 6.20 Å². The van der Waals surface area contributed by atoms with Gasteiger partial charge in [0.1, 0.15) is 0 Å². The summed E-state index contributed by atoms with van der Waals surface area (Å²) in [6.45, 7) is 3.78. The molecule has 0 radical (unpaired) electrons. The van der Waals surface area contributed by atoms with Gasteiger partial charge in [0.05, 0.1) is 0 Å². The molecule has 4 nitrogen and oxygen atoms in total. The molecule has 1 aromatic rings. The third-order valence-corrected chi connectivity index (χ3v) is 3.16. The third-order valence-electron chi connectivity index (χ3n) is 3.16. The average Bonchev–Trinajstić information content (AvgIpc) is 3.15. The maximum atomic E-state index is 11.4. The van der Waals surface area contributed by atoms with Crippen molar-refractivity contribution in [2.24, 2.45) is 0 Å². The predicted molar refractivity (Wildman–Crippen MR) is 71.1 cm³/mol. The molecule has 1 aliphatic carbocycles. The zero-order valence-electron chi connectivity index (χ0n) is 10.9. The van der Waals surface area contributed by atoms with Crippen molar-refractivity contribution >= 4 is 5.91 Å². The van der Waals surface area contributed by atoms with Crippen molar-refractivity contribution in [3.05, 3.63) is 29.6 Å². The second-order valence-corrected chi connectivity index (χ2v) is 4.92. The monoisotopic (exact) mass is 247 g/mol. The Bertz CT molecular complexity index is 402. The summed E-state index contributed by atoms with van der Waals surface area (Å²) in [6, 6.07) is 2.49. The minimum absolute atomic E-state index is 0.192. The predicted octanol–water partition coefficient (Wildman–Crippen LogP) is 1.54. The van der Waals surface area contributed by atoms with Gasteiger partial charge in [-0.05, 0) is 49.9 Å². The smallest absolute Gasteiger partial charge is 0.220 e. The van der Waals surface area contributed by atoms with Gasteiger partial charge >= 0.3 is 0 Å². The number of carbonyl (C=O) groups excluding carboxylic acids is 1. The van der Waals surface area contributed by atoms with E-state index in [2.05, 4.69) is 22.5 Å². The summed E-state index contributed by atoms with van der Waals surface area (Å²) < 4.78 is 0. The molecule has 0 aliphatic heterocycles. The molecule has 2 rings (SSSR count). The van der Waals surface area contributed by atoms with Crippen LogP contribution in [0.5, 0.6) is 0 Å². The van der Waals surface area contributed by atoms with Crippen LogP contribution in [0.1, 0.15) is 36.8 Å². The summed E-state index contributed by atoms with van der Waals surface area (Å²) in [5.74, 6) is 0.192. The van der Waals surface area contributed by atoms with E-state index >= 15 is 0 Å². The van der Waals surface area contributed by atoms with Gasteiger partial charge < -0.3 is 10.6 Å². The highest BCUT2D eigenvalue weighted by Gasteiger charge is 2.22. The fourth-order valence-corrected chi connectivity index (χ4v) is 1.81. The highest BCUT2D eigenvalue weighted by Crippen LogP contribution is 2.18. The van der Waals surface area contributed by atoms with Crippen molar-refractivity contribution in [3.8, 4) is 0 Å². The van der Waals surface area contributed by atoms with Gasteiger partial charge in [-0.2, -0.15) is 0 Å². The molecule has 0 aromatic carbocycles. The topological polar surface area (TPSA) is 54.0 Å². The van der Waals surface area contributed by atoms with Crippen LogP contribution in [0.2, 0.25) is 0 Å². The molecule has 4 heteroatoms. The van der Waals surface area contributed by atoms with E-state index in [0.717, 1.165) is 32.4 Å². The summed E-state index contributed by atoms with van der Waals surface area (Å²) in [4.78, 5) is 15.5. The molecule has 1 heterocycles. The first-order valence-electron chi connectivity index (χ1n) is 6.65. The van der Waals surface area contributed by atoms with Crippen molar-refractivity contribution in [2.45, 2.75) is 45.2 Å². The molecule has 1 amide bonds. The Labute approximate surface area is 108 Å². The van der Waals surface area contributed by atoms with Crippen molar-refractivity contribution in [1.82, 2.24) is 15.6 Å². The van der Waals surface area contributed by atoms with Crippen molar-refractivity contribution < 1.29 is 4.79 Å². The first kappa shape index (κ1) is 13.0. The first-order valence-corrected chi connectivity index (χ1v) is 6.65. The molecule has 0 saturated heterocycles. The summed E-state index contributed by atoms with van der Waals surface area (Å²) in [6.07, 6.45) is 7.52. The fraction of sp³-hybridized carbons (Fsp3) is 0.571. The molecule has 1 aliphatic rings. The van der Waals surface area contributed by atoms with Gasteiger partial charge in [0.15, 0.2) is 0 Å². The molecule has 18 heavy (non-hydrogen) atoms. The van der Waals surface area contributed by atoms with E-state index in [1.807, 2.05) is 12.3 Å². The SMILES string of the molecule is Cc1ccncc1CNCCCC(=O)NC1CC1. The van der Waals surface area contributed by atoms with Gasteiger partial charge in [0, 0.05) is 31.4 Å². The van der Waals surface area contributed by atoms with Crippen LogP contribution in [0.15, 0.2) is 18.5 Å². The number of hydrogen-bond acceptors (Lipinski definition) is 3.